The molecule has 3 heterocycles. The summed E-state index contributed by atoms with van der Waals surface area (Å²) in [5.41, 5.74) is 2.50. The van der Waals surface area contributed by atoms with Gasteiger partial charge in [0.25, 0.3) is 0 Å². The highest BCUT2D eigenvalue weighted by Crippen LogP contribution is 2.31. The van der Waals surface area contributed by atoms with E-state index in [-0.39, 0.29) is 11.5 Å². The van der Waals surface area contributed by atoms with E-state index in [0.717, 1.165) is 48.5 Å². The third-order valence-corrected chi connectivity index (χ3v) is 7.12. The molecule has 7 nitrogen and oxygen atoms in total. The molecule has 2 aromatic carbocycles. The fraction of sp³-hybridized carbons (Fsp3) is 0.280. The maximum atomic E-state index is 13.3. The van der Waals surface area contributed by atoms with Crippen molar-refractivity contribution in [1.29, 1.82) is 5.26 Å². The molecule has 0 spiro atoms. The summed E-state index contributed by atoms with van der Waals surface area (Å²) in [4.78, 5) is 15.5. The summed E-state index contributed by atoms with van der Waals surface area (Å²) in [6.45, 7) is 2.43. The van der Waals surface area contributed by atoms with Crippen LogP contribution in [0.1, 0.15) is 29.6 Å². The predicted octanol–water partition coefficient (Wildman–Crippen LogP) is 5.36. The quantitative estimate of drug-likeness (QED) is 0.244. The summed E-state index contributed by atoms with van der Waals surface area (Å²) in [6.07, 6.45) is 4.50. The number of fused-ring (bicyclic) bond motifs is 1. The first-order valence-corrected chi connectivity index (χ1v) is 12.6. The maximum absolute atomic E-state index is 13.3. The first-order valence-electron chi connectivity index (χ1n) is 11.2. The number of para-hydroxylation sites is 1. The number of anilines is 1. The smallest absolute Gasteiger partial charge is 0.232 e. The van der Waals surface area contributed by atoms with Crippen LogP contribution in [0.4, 0.5) is 5.95 Å². The number of hydrogen-bond acceptors (Lipinski definition) is 6. The highest BCUT2D eigenvalue weighted by Gasteiger charge is 2.24. The Morgan fingerprint density at radius 1 is 1.12 bits per heavy atom. The minimum absolute atomic E-state index is 0.0141. The Balaban J connectivity index is 1.44. The summed E-state index contributed by atoms with van der Waals surface area (Å²) in [7, 11) is 0. The third-order valence-electron chi connectivity index (χ3n) is 5.96. The van der Waals surface area contributed by atoms with Crippen LogP contribution in [0.25, 0.3) is 16.6 Å². The minimum Gasteiger partial charge on any atom is -0.346 e. The van der Waals surface area contributed by atoms with Crippen LogP contribution in [-0.4, -0.2) is 44.0 Å². The summed E-state index contributed by atoms with van der Waals surface area (Å²) in [5.74, 6) is 1.02. The first-order chi connectivity index (χ1) is 16.7. The van der Waals surface area contributed by atoms with Crippen molar-refractivity contribution < 1.29 is 4.79 Å². The van der Waals surface area contributed by atoms with Crippen LogP contribution < -0.4 is 4.90 Å². The van der Waals surface area contributed by atoms with Gasteiger partial charge in [0.1, 0.15) is 0 Å². The van der Waals surface area contributed by atoms with Gasteiger partial charge in [-0.3, -0.25) is 9.36 Å². The van der Waals surface area contributed by atoms with Gasteiger partial charge < -0.3 is 9.47 Å². The molecule has 4 aromatic rings. The number of thioether (sulfide) groups is 1. The average molecular weight is 491 g/mol. The minimum atomic E-state index is 0.0141. The van der Waals surface area contributed by atoms with E-state index in [1.54, 1.807) is 0 Å². The van der Waals surface area contributed by atoms with Gasteiger partial charge in [-0.15, -0.1) is 10.2 Å². The summed E-state index contributed by atoms with van der Waals surface area (Å²) < 4.78 is 3.97. The molecule has 1 aliphatic heterocycles. The van der Waals surface area contributed by atoms with Crippen LogP contribution in [0.2, 0.25) is 5.02 Å². The van der Waals surface area contributed by atoms with E-state index in [1.807, 2.05) is 63.9 Å². The van der Waals surface area contributed by atoms with Crippen LogP contribution in [0.5, 0.6) is 0 Å². The molecule has 2 aromatic heterocycles. The van der Waals surface area contributed by atoms with Gasteiger partial charge in [-0.05, 0) is 37.1 Å². The number of Topliss-reactive ketones (excluding diaryl/α,β-unsaturated/α-hetero) is 1. The molecule has 9 heteroatoms. The highest BCUT2D eigenvalue weighted by molar-refractivity contribution is 7.99. The van der Waals surface area contributed by atoms with E-state index >= 15 is 0 Å². The van der Waals surface area contributed by atoms with Crippen molar-refractivity contribution in [2.75, 3.05) is 23.7 Å². The number of ketones is 1. The molecule has 1 saturated heterocycles. The van der Waals surface area contributed by atoms with E-state index < -0.39 is 0 Å². The SMILES string of the molecule is N#CCCn1cc(C(=O)CSc2nnc(N3CCCC3)n2-c2cccc(Cl)c2)c2ccccc21. The molecule has 5 rings (SSSR count). The number of nitriles is 1. The molecule has 34 heavy (non-hydrogen) atoms. The zero-order valence-electron chi connectivity index (χ0n) is 18.5. The number of carbonyl (C=O) groups is 1. The van der Waals surface area contributed by atoms with Gasteiger partial charge in [0.05, 0.1) is 23.9 Å². The number of aryl methyl sites for hydroxylation is 1. The van der Waals surface area contributed by atoms with Crippen molar-refractivity contribution in [2.24, 2.45) is 0 Å². The molecule has 0 amide bonds. The molecule has 0 bridgehead atoms. The molecular weight excluding hydrogens is 468 g/mol. The number of hydrogen-bond donors (Lipinski definition) is 0. The number of benzene rings is 2. The Morgan fingerprint density at radius 2 is 1.94 bits per heavy atom. The van der Waals surface area contributed by atoms with Crippen molar-refractivity contribution in [3.05, 3.63) is 65.3 Å². The topological polar surface area (TPSA) is 79.7 Å². The van der Waals surface area contributed by atoms with Crippen molar-refractivity contribution in [1.82, 2.24) is 19.3 Å². The molecule has 0 N–H and O–H groups in total. The van der Waals surface area contributed by atoms with Gasteiger partial charge in [-0.1, -0.05) is 47.6 Å². The average Bonchev–Trinajstić information content (AvgIpc) is 3.60. The number of aromatic nitrogens is 4. The lowest BCUT2D eigenvalue weighted by Crippen LogP contribution is -2.22. The van der Waals surface area contributed by atoms with Crippen molar-refractivity contribution in [3.63, 3.8) is 0 Å². The van der Waals surface area contributed by atoms with Gasteiger partial charge in [0.2, 0.25) is 5.95 Å². The van der Waals surface area contributed by atoms with Gasteiger partial charge in [-0.2, -0.15) is 5.26 Å². The lowest BCUT2D eigenvalue weighted by Gasteiger charge is -2.18. The Morgan fingerprint density at radius 3 is 2.74 bits per heavy atom. The third kappa shape index (κ3) is 4.41. The van der Waals surface area contributed by atoms with Gasteiger partial charge >= 0.3 is 0 Å². The number of carbonyl (C=O) groups excluding carboxylic acids is 1. The van der Waals surface area contributed by atoms with E-state index in [1.165, 1.54) is 11.8 Å². The zero-order chi connectivity index (χ0) is 23.5. The highest BCUT2D eigenvalue weighted by atomic mass is 35.5. The van der Waals surface area contributed by atoms with Crippen LogP contribution in [0.15, 0.2) is 59.9 Å². The van der Waals surface area contributed by atoms with Gasteiger partial charge in [0.15, 0.2) is 10.9 Å². The monoisotopic (exact) mass is 490 g/mol. The Labute approximate surface area is 206 Å². The maximum Gasteiger partial charge on any atom is 0.232 e. The van der Waals surface area contributed by atoms with Crippen LogP contribution in [-0.2, 0) is 6.54 Å². The number of nitrogens with zero attached hydrogens (tertiary/aromatic N) is 6. The zero-order valence-corrected chi connectivity index (χ0v) is 20.1. The van der Waals surface area contributed by atoms with Crippen molar-refractivity contribution in [2.45, 2.75) is 31.0 Å². The molecule has 1 aliphatic rings. The van der Waals surface area contributed by atoms with Crippen molar-refractivity contribution in [3.8, 4) is 11.8 Å². The Hall–Kier alpha value is -3.28. The predicted molar refractivity (Wildman–Crippen MR) is 135 cm³/mol. The molecule has 172 valence electrons. The second kappa shape index (κ2) is 9.92. The summed E-state index contributed by atoms with van der Waals surface area (Å²) >= 11 is 7.65. The van der Waals surface area contributed by atoms with E-state index in [9.17, 15) is 4.79 Å². The number of halogens is 1. The molecule has 0 aliphatic carbocycles. The second-order valence-electron chi connectivity index (χ2n) is 8.17. The number of rotatable bonds is 8. The molecule has 0 radical (unpaired) electrons. The fourth-order valence-electron chi connectivity index (χ4n) is 4.35. The van der Waals surface area contributed by atoms with Gasteiger partial charge in [0, 0.05) is 47.3 Å². The fourth-order valence-corrected chi connectivity index (χ4v) is 5.37. The van der Waals surface area contributed by atoms with E-state index in [4.69, 9.17) is 16.9 Å². The van der Waals surface area contributed by atoms with Crippen LogP contribution >= 0.6 is 23.4 Å². The molecule has 0 saturated carbocycles. The summed E-state index contributed by atoms with van der Waals surface area (Å²) in [6, 6.07) is 17.6. The lowest BCUT2D eigenvalue weighted by atomic mass is 10.1. The Bertz CT molecular complexity index is 1380. The Kier molecular flexibility index (Phi) is 6.57. The molecule has 0 atom stereocenters. The van der Waals surface area contributed by atoms with Gasteiger partial charge in [-0.25, -0.2) is 0 Å². The molecule has 0 unspecified atom stereocenters. The molecular formula is C25H23ClN6OS. The van der Waals surface area contributed by atoms with Crippen LogP contribution in [0.3, 0.4) is 0 Å². The van der Waals surface area contributed by atoms with Crippen LogP contribution in [0, 0.1) is 11.3 Å². The lowest BCUT2D eigenvalue weighted by molar-refractivity contribution is 0.102. The first kappa shape index (κ1) is 22.5. The largest absolute Gasteiger partial charge is 0.346 e. The standard InChI is InChI=1S/C25H23ClN6OS/c26-18-7-5-8-19(15-18)32-24(30-12-3-4-13-30)28-29-25(32)34-17-23(33)21-16-31(14-6-11-27)22-10-2-1-9-20(21)22/h1-2,5,7-10,15-16H,3-4,6,12-14,17H2. The van der Waals surface area contributed by atoms with Crippen molar-refractivity contribution >= 4 is 46.0 Å². The molecule has 1 fully saturated rings. The van der Waals surface area contributed by atoms with E-state index in [0.29, 0.717) is 28.7 Å². The second-order valence-corrected chi connectivity index (χ2v) is 9.54. The summed E-state index contributed by atoms with van der Waals surface area (Å²) in [5, 5.41) is 20.1. The van der Waals surface area contributed by atoms with E-state index in [2.05, 4.69) is 21.2 Å². The normalized spacial score (nSPS) is 13.5.